The molecule has 1 aromatic carbocycles. The van der Waals surface area contributed by atoms with Crippen LogP contribution in [0.25, 0.3) is 0 Å². The minimum Gasteiger partial charge on any atom is -0.274 e. The lowest BCUT2D eigenvalue weighted by Gasteiger charge is -2.13. The number of nitro groups is 1. The second-order valence-corrected chi connectivity index (χ2v) is 4.23. The second-order valence-electron chi connectivity index (χ2n) is 4.23. The topological polar surface area (TPSA) is 80.5 Å². The number of amides is 2. The van der Waals surface area contributed by atoms with Gasteiger partial charge in [-0.3, -0.25) is 24.6 Å². The average molecular weight is 248 g/mol. The molecule has 6 nitrogen and oxygen atoms in total. The first-order valence-electron chi connectivity index (χ1n) is 5.61. The Morgan fingerprint density at radius 2 is 1.72 bits per heavy atom. The van der Waals surface area contributed by atoms with Crippen LogP contribution in [-0.2, 0) is 0 Å². The zero-order chi connectivity index (χ0) is 13.3. The highest BCUT2D eigenvalue weighted by Crippen LogP contribution is 2.22. The van der Waals surface area contributed by atoms with Gasteiger partial charge in [0.05, 0.1) is 11.1 Å². The highest BCUT2D eigenvalue weighted by Gasteiger charge is 2.35. The van der Waals surface area contributed by atoms with E-state index < -0.39 is 11.0 Å². The van der Waals surface area contributed by atoms with E-state index in [0.29, 0.717) is 11.1 Å². The van der Waals surface area contributed by atoms with E-state index in [1.54, 1.807) is 24.3 Å². The van der Waals surface area contributed by atoms with Gasteiger partial charge in [-0.25, -0.2) is 0 Å². The lowest BCUT2D eigenvalue weighted by Crippen LogP contribution is -2.33. The lowest BCUT2D eigenvalue weighted by molar-refractivity contribution is -0.518. The largest absolute Gasteiger partial charge is 0.274 e. The van der Waals surface area contributed by atoms with Crippen molar-refractivity contribution in [3.8, 4) is 0 Å². The van der Waals surface area contributed by atoms with Crippen LogP contribution in [0.2, 0.25) is 0 Å². The maximum atomic E-state index is 11.9. The Morgan fingerprint density at radius 3 is 2.17 bits per heavy atom. The van der Waals surface area contributed by atoms with E-state index in [-0.39, 0.29) is 24.8 Å². The third-order valence-corrected chi connectivity index (χ3v) is 3.01. The first kappa shape index (κ1) is 12.2. The summed E-state index contributed by atoms with van der Waals surface area (Å²) in [6.07, 6.45) is 0.165. The van der Waals surface area contributed by atoms with Crippen molar-refractivity contribution in [1.82, 2.24) is 4.90 Å². The molecule has 6 heteroatoms. The van der Waals surface area contributed by atoms with E-state index >= 15 is 0 Å². The molecule has 0 bridgehead atoms. The Balaban J connectivity index is 2.12. The number of nitrogens with zero attached hydrogens (tertiary/aromatic N) is 2. The first-order valence-corrected chi connectivity index (χ1v) is 5.61. The molecule has 1 atom stereocenters. The molecule has 1 heterocycles. The van der Waals surface area contributed by atoms with Crippen molar-refractivity contribution in [3.05, 3.63) is 45.5 Å². The highest BCUT2D eigenvalue weighted by atomic mass is 16.6. The fourth-order valence-corrected chi connectivity index (χ4v) is 1.86. The maximum absolute atomic E-state index is 11.9. The normalized spacial score (nSPS) is 15.7. The number of carbonyl (C=O) groups is 2. The van der Waals surface area contributed by atoms with Crippen molar-refractivity contribution in [1.29, 1.82) is 0 Å². The number of fused-ring (bicyclic) bond motifs is 1. The summed E-state index contributed by atoms with van der Waals surface area (Å²) >= 11 is 0. The molecule has 1 aromatic rings. The molecule has 0 fully saturated rings. The van der Waals surface area contributed by atoms with Crippen LogP contribution in [0, 0.1) is 10.1 Å². The van der Waals surface area contributed by atoms with Crippen molar-refractivity contribution in [2.24, 2.45) is 0 Å². The molecule has 1 unspecified atom stereocenters. The van der Waals surface area contributed by atoms with Gasteiger partial charge in [0, 0.05) is 24.8 Å². The molecule has 0 aromatic heterocycles. The molecule has 1 aliphatic heterocycles. The molecule has 0 spiro atoms. The van der Waals surface area contributed by atoms with Crippen LogP contribution in [0.4, 0.5) is 0 Å². The Hall–Kier alpha value is -2.24. The Morgan fingerprint density at radius 1 is 1.22 bits per heavy atom. The van der Waals surface area contributed by atoms with Gasteiger partial charge < -0.3 is 0 Å². The molecule has 0 N–H and O–H groups in total. The van der Waals surface area contributed by atoms with Gasteiger partial charge in [0.1, 0.15) is 0 Å². The van der Waals surface area contributed by atoms with Crippen LogP contribution in [0.15, 0.2) is 24.3 Å². The summed E-state index contributed by atoms with van der Waals surface area (Å²) < 4.78 is 0. The van der Waals surface area contributed by atoms with Gasteiger partial charge in [0.2, 0.25) is 6.04 Å². The molecule has 2 rings (SSSR count). The van der Waals surface area contributed by atoms with Crippen molar-refractivity contribution in [2.45, 2.75) is 19.4 Å². The third kappa shape index (κ3) is 1.97. The molecule has 94 valence electrons. The van der Waals surface area contributed by atoms with Crippen LogP contribution in [0.5, 0.6) is 0 Å². The van der Waals surface area contributed by atoms with Crippen LogP contribution < -0.4 is 0 Å². The van der Waals surface area contributed by atoms with E-state index in [4.69, 9.17) is 0 Å². The third-order valence-electron chi connectivity index (χ3n) is 3.01. The molecule has 2 amide bonds. The van der Waals surface area contributed by atoms with Crippen molar-refractivity contribution in [2.75, 3.05) is 6.54 Å². The number of benzene rings is 1. The fraction of sp³-hybridized carbons (Fsp3) is 0.333. The van der Waals surface area contributed by atoms with Crippen LogP contribution in [-0.4, -0.2) is 34.2 Å². The van der Waals surface area contributed by atoms with Crippen molar-refractivity contribution in [3.63, 3.8) is 0 Å². The van der Waals surface area contributed by atoms with Crippen molar-refractivity contribution >= 4 is 11.8 Å². The summed E-state index contributed by atoms with van der Waals surface area (Å²) in [5.74, 6) is -0.739. The molecule has 0 radical (unpaired) electrons. The molecule has 18 heavy (non-hydrogen) atoms. The predicted octanol–water partition coefficient (Wildman–Crippen LogP) is 1.34. The van der Waals surface area contributed by atoms with Gasteiger partial charge in [0.25, 0.3) is 11.8 Å². The predicted molar refractivity (Wildman–Crippen MR) is 62.9 cm³/mol. The SMILES string of the molecule is CC(CCN1C(=O)c2ccccc2C1=O)[N+](=O)[O-]. The number of carbonyl (C=O) groups excluding carboxylic acids is 2. The quantitative estimate of drug-likeness (QED) is 0.457. The summed E-state index contributed by atoms with van der Waals surface area (Å²) in [4.78, 5) is 35.0. The molecular formula is C12H12N2O4. The fourth-order valence-electron chi connectivity index (χ4n) is 1.86. The van der Waals surface area contributed by atoms with Gasteiger partial charge in [-0.1, -0.05) is 12.1 Å². The van der Waals surface area contributed by atoms with E-state index in [0.717, 1.165) is 4.90 Å². The summed E-state index contributed by atoms with van der Waals surface area (Å²) in [7, 11) is 0. The molecule has 1 aliphatic rings. The number of imide groups is 1. The summed E-state index contributed by atoms with van der Waals surface area (Å²) in [6, 6.07) is 5.79. The minimum atomic E-state index is -0.769. The van der Waals surface area contributed by atoms with Crippen molar-refractivity contribution < 1.29 is 14.5 Å². The summed E-state index contributed by atoms with van der Waals surface area (Å²) in [5, 5.41) is 10.5. The van der Waals surface area contributed by atoms with Crippen LogP contribution >= 0.6 is 0 Å². The Kier molecular flexibility index (Phi) is 3.10. The first-order chi connectivity index (χ1) is 8.52. The number of hydrogen-bond acceptors (Lipinski definition) is 4. The van der Waals surface area contributed by atoms with Gasteiger partial charge in [0.15, 0.2) is 0 Å². The van der Waals surface area contributed by atoms with Crippen LogP contribution in [0.1, 0.15) is 34.1 Å². The zero-order valence-electron chi connectivity index (χ0n) is 9.83. The average Bonchev–Trinajstić information content (AvgIpc) is 2.60. The zero-order valence-corrected chi connectivity index (χ0v) is 9.83. The highest BCUT2D eigenvalue weighted by molar-refractivity contribution is 6.21. The second kappa shape index (κ2) is 4.56. The molecular weight excluding hydrogens is 236 g/mol. The molecule has 0 aliphatic carbocycles. The van der Waals surface area contributed by atoms with E-state index in [1.165, 1.54) is 6.92 Å². The lowest BCUT2D eigenvalue weighted by atomic mass is 10.1. The van der Waals surface area contributed by atoms with Gasteiger partial charge in [-0.2, -0.15) is 0 Å². The number of rotatable bonds is 4. The smallest absolute Gasteiger partial charge is 0.261 e. The number of hydrogen-bond donors (Lipinski definition) is 0. The molecule has 0 saturated heterocycles. The Bertz CT molecular complexity index is 492. The van der Waals surface area contributed by atoms with E-state index in [9.17, 15) is 19.7 Å². The summed E-state index contributed by atoms with van der Waals surface area (Å²) in [6.45, 7) is 1.53. The van der Waals surface area contributed by atoms with E-state index in [2.05, 4.69) is 0 Å². The molecule has 0 saturated carbocycles. The summed E-state index contributed by atoms with van der Waals surface area (Å²) in [5.41, 5.74) is 0.743. The van der Waals surface area contributed by atoms with Gasteiger partial charge in [-0.05, 0) is 12.1 Å². The van der Waals surface area contributed by atoms with Crippen LogP contribution in [0.3, 0.4) is 0 Å². The van der Waals surface area contributed by atoms with E-state index in [1.807, 2.05) is 0 Å². The maximum Gasteiger partial charge on any atom is 0.261 e. The monoisotopic (exact) mass is 248 g/mol. The standard InChI is InChI=1S/C12H12N2O4/c1-8(14(17)18)6-7-13-11(15)9-4-2-3-5-10(9)12(13)16/h2-5,8H,6-7H2,1H3. The minimum absolute atomic E-state index is 0.0779. The Labute approximate surface area is 103 Å². The van der Waals surface area contributed by atoms with Gasteiger partial charge in [-0.15, -0.1) is 0 Å². The van der Waals surface area contributed by atoms with Gasteiger partial charge >= 0.3 is 0 Å².